The van der Waals surface area contributed by atoms with E-state index in [1.165, 1.54) is 27.0 Å². The topological polar surface area (TPSA) is 257 Å². The summed E-state index contributed by atoms with van der Waals surface area (Å²) >= 11 is 1.47. The van der Waals surface area contributed by atoms with Crippen LogP contribution in [0.5, 0.6) is 5.88 Å². The van der Waals surface area contributed by atoms with Gasteiger partial charge in [-0.2, -0.15) is 10.2 Å². The summed E-state index contributed by atoms with van der Waals surface area (Å²) in [6.07, 6.45) is 12.1. The van der Waals surface area contributed by atoms with Gasteiger partial charge in [-0.1, -0.05) is 60.4 Å². The number of fused-ring (bicyclic) bond motifs is 2. The first kappa shape index (κ1) is 53.4. The first-order valence-electron chi connectivity index (χ1n) is 27.2. The molecule has 1 unspecified atom stereocenters. The standard InChI is InChI=1S/C56H69FN14O5S/c1-33(2)49(53(74)70-31-38(72)28-45(70)52(73)62-43-13-7-5-6-12-35-26-36(15-17-39(35)43)40-27-37(59)16-18-42(40)57)71-32-47(65-67-71)75-25-9-8-22-68-23-11-24-69(34(3)30-68)55-61-21-19-44(63-55)51-64-54(76-66-51)56(4)20-10-14-46-48(56)41(29-58)50(60)77-46/h15-19,21,26-27,32-34,38,43,45,49,72H,5-14,20,22-25,28,30-31,59-60H2,1-4H3,(H,62,73)/t34-,38+,43?,45-,49-,56-/m0/s1. The number of benzene rings is 2. The van der Waals surface area contributed by atoms with Gasteiger partial charge in [0.1, 0.15) is 34.7 Å². The number of hydrogen-bond acceptors (Lipinski definition) is 17. The number of aliphatic hydroxyl groups excluding tert-OH is 1. The third kappa shape index (κ3) is 11.2. The Kier molecular flexibility index (Phi) is 15.9. The van der Waals surface area contributed by atoms with Gasteiger partial charge >= 0.3 is 0 Å². The van der Waals surface area contributed by atoms with E-state index in [1.54, 1.807) is 30.6 Å². The average molecular weight is 1070 g/mol. The second-order valence-corrected chi connectivity index (χ2v) is 22.9. The van der Waals surface area contributed by atoms with E-state index in [2.05, 4.69) is 48.6 Å². The number of anilines is 3. The molecule has 21 heteroatoms. The molecule has 406 valence electrons. The van der Waals surface area contributed by atoms with Crippen molar-refractivity contribution >= 4 is 39.8 Å². The highest BCUT2D eigenvalue weighted by molar-refractivity contribution is 7.16. The lowest BCUT2D eigenvalue weighted by Crippen LogP contribution is -2.49. The lowest BCUT2D eigenvalue weighted by molar-refractivity contribution is -0.142. The van der Waals surface area contributed by atoms with Crippen LogP contribution in [-0.4, -0.2) is 119 Å². The molecular weight excluding hydrogens is 1000 g/mol. The Hall–Kier alpha value is -7.02. The molecule has 2 amide bonds. The van der Waals surface area contributed by atoms with Crippen LogP contribution in [0.15, 0.2) is 59.4 Å². The van der Waals surface area contributed by atoms with Gasteiger partial charge in [0.05, 0.1) is 35.9 Å². The number of carbonyl (C=O) groups excluding carboxylic acids is 2. The number of nitrogens with zero attached hydrogens (tertiary/aromatic N) is 11. The predicted octanol–water partition coefficient (Wildman–Crippen LogP) is 7.56. The minimum absolute atomic E-state index is 0.0203. The fourth-order valence-electron chi connectivity index (χ4n) is 12.0. The van der Waals surface area contributed by atoms with Crippen LogP contribution in [0, 0.1) is 23.1 Å². The van der Waals surface area contributed by atoms with Gasteiger partial charge in [0.15, 0.2) is 0 Å². The first-order chi connectivity index (χ1) is 37.2. The SMILES string of the molecule is CC(C)[C@@H](C(=O)N1C[C@H](O)C[C@H]1C(=O)NC1CCCCCc2cc(-c3cc(N)ccc3F)ccc21)n1cc(OCCCCN2CCCN(c3nccc(-c4noc([C@@]5(C)CCCc6sc(N)c(C#N)c65)n4)n3)[C@@H](C)C2)nn1. The molecule has 19 nitrogen and oxygen atoms in total. The zero-order valence-electron chi connectivity index (χ0n) is 44.3. The minimum Gasteiger partial charge on any atom is -0.475 e. The highest BCUT2D eigenvalue weighted by Crippen LogP contribution is 2.49. The fraction of sp³-hybridized carbons (Fsp3) is 0.518. The number of nitrogens with one attached hydrogen (secondary N) is 1. The van der Waals surface area contributed by atoms with Crippen molar-refractivity contribution in [2.45, 2.75) is 140 Å². The highest BCUT2D eigenvalue weighted by Gasteiger charge is 2.45. The maximum absolute atomic E-state index is 14.9. The Morgan fingerprint density at radius 3 is 2.74 bits per heavy atom. The zero-order chi connectivity index (χ0) is 54.0. The van der Waals surface area contributed by atoms with Gasteiger partial charge in [-0.25, -0.2) is 19.0 Å². The number of aromatic nitrogens is 7. The molecule has 6 heterocycles. The Morgan fingerprint density at radius 2 is 1.91 bits per heavy atom. The smallest absolute Gasteiger partial charge is 0.253 e. The number of nitrogen functional groups attached to an aromatic ring is 2. The van der Waals surface area contributed by atoms with E-state index < -0.39 is 23.6 Å². The van der Waals surface area contributed by atoms with Crippen LogP contribution in [-0.2, 0) is 27.8 Å². The largest absolute Gasteiger partial charge is 0.475 e. The number of nitriles is 1. The Morgan fingerprint density at radius 1 is 1.05 bits per heavy atom. The summed E-state index contributed by atoms with van der Waals surface area (Å²) in [4.78, 5) is 50.5. The van der Waals surface area contributed by atoms with Gasteiger partial charge in [-0.3, -0.25) is 9.59 Å². The molecule has 0 radical (unpaired) electrons. The first-order valence-corrected chi connectivity index (χ1v) is 28.0. The monoisotopic (exact) mass is 1070 g/mol. The molecule has 4 aromatic heterocycles. The van der Waals surface area contributed by atoms with E-state index in [0.717, 1.165) is 118 Å². The van der Waals surface area contributed by atoms with Gasteiger partial charge in [0, 0.05) is 60.0 Å². The summed E-state index contributed by atoms with van der Waals surface area (Å²) in [6.45, 7) is 11.9. The van der Waals surface area contributed by atoms with Gasteiger partial charge in [0.25, 0.3) is 5.88 Å². The number of hydrogen-bond donors (Lipinski definition) is 4. The van der Waals surface area contributed by atoms with Crippen LogP contribution < -0.4 is 26.4 Å². The van der Waals surface area contributed by atoms with Gasteiger partial charge in [0.2, 0.25) is 29.5 Å². The summed E-state index contributed by atoms with van der Waals surface area (Å²) in [5.41, 5.74) is 17.3. The number of halogens is 1. The predicted molar refractivity (Wildman–Crippen MR) is 290 cm³/mol. The number of carbonyl (C=O) groups is 2. The number of amides is 2. The normalized spacial score (nSPS) is 22.4. The number of rotatable bonds is 15. The lowest BCUT2D eigenvalue weighted by atomic mass is 9.72. The van der Waals surface area contributed by atoms with Crippen LogP contribution in [0.4, 0.5) is 21.0 Å². The van der Waals surface area contributed by atoms with Crippen LogP contribution in [0.3, 0.4) is 0 Å². The number of aliphatic hydroxyl groups is 1. The summed E-state index contributed by atoms with van der Waals surface area (Å²) < 4.78 is 28.4. The van der Waals surface area contributed by atoms with E-state index in [9.17, 15) is 24.3 Å². The Bertz CT molecular complexity index is 3140. The molecule has 2 fully saturated rings. The van der Waals surface area contributed by atoms with E-state index in [4.69, 9.17) is 30.7 Å². The van der Waals surface area contributed by atoms with Gasteiger partial charge < -0.3 is 45.9 Å². The van der Waals surface area contributed by atoms with Crippen molar-refractivity contribution < 1.29 is 28.3 Å². The molecule has 4 aliphatic rings. The van der Waals surface area contributed by atoms with E-state index in [-0.39, 0.29) is 48.6 Å². The zero-order valence-corrected chi connectivity index (χ0v) is 45.1. The molecule has 6 N–H and O–H groups in total. The fourth-order valence-corrected chi connectivity index (χ4v) is 13.2. The maximum atomic E-state index is 14.9. The van der Waals surface area contributed by atoms with Crippen LogP contribution in [0.2, 0.25) is 0 Å². The van der Waals surface area contributed by atoms with E-state index >= 15 is 0 Å². The molecule has 77 heavy (non-hydrogen) atoms. The third-order valence-electron chi connectivity index (χ3n) is 15.9. The van der Waals surface area contributed by atoms with Crippen LogP contribution in [0.1, 0.15) is 137 Å². The molecule has 10 rings (SSSR count). The average Bonchev–Trinajstić information content (AvgIpc) is 4.29. The summed E-state index contributed by atoms with van der Waals surface area (Å²) in [7, 11) is 0. The second-order valence-electron chi connectivity index (χ2n) is 21.8. The molecule has 0 spiro atoms. The van der Waals surface area contributed by atoms with Crippen molar-refractivity contribution in [3.63, 3.8) is 0 Å². The number of β-amino-alcohol motifs (C(OH)–C–C–N with tert-alkyl or cyclic N) is 1. The van der Waals surface area contributed by atoms with Crippen molar-refractivity contribution in [2.24, 2.45) is 5.92 Å². The van der Waals surface area contributed by atoms with E-state index in [1.807, 2.05) is 39.0 Å². The number of aryl methyl sites for hydroxylation is 2. The van der Waals surface area contributed by atoms with E-state index in [0.29, 0.717) is 64.1 Å². The summed E-state index contributed by atoms with van der Waals surface area (Å²) in [5, 5.41) is 37.6. The maximum Gasteiger partial charge on any atom is 0.253 e. The van der Waals surface area contributed by atoms with Crippen molar-refractivity contribution in [1.29, 1.82) is 5.26 Å². The summed E-state index contributed by atoms with van der Waals surface area (Å²) in [6, 6.07) is 12.6. The van der Waals surface area contributed by atoms with Gasteiger partial charge in [-0.05, 0) is 132 Å². The highest BCUT2D eigenvalue weighted by atomic mass is 32.1. The molecular formula is C56H69FN14O5S. The quantitative estimate of drug-likeness (QED) is 0.0572. The molecule has 0 bridgehead atoms. The number of likely N-dealkylation sites (tertiary alicyclic amines) is 1. The Balaban J connectivity index is 0.715. The second kappa shape index (κ2) is 22.9. The number of thiophene rings is 1. The number of nitrogens with two attached hydrogens (primary N) is 2. The molecule has 2 aromatic carbocycles. The molecule has 0 saturated carbocycles. The van der Waals surface area contributed by atoms with Crippen molar-refractivity contribution in [3.8, 4) is 34.6 Å². The van der Waals surface area contributed by atoms with Crippen molar-refractivity contribution in [1.82, 2.24) is 50.2 Å². The van der Waals surface area contributed by atoms with Crippen molar-refractivity contribution in [3.05, 3.63) is 93.7 Å². The molecule has 2 aliphatic heterocycles. The molecule has 6 aromatic rings. The van der Waals surface area contributed by atoms with Crippen LogP contribution >= 0.6 is 11.3 Å². The number of ether oxygens (including phenoxy) is 1. The minimum atomic E-state index is -0.881. The summed E-state index contributed by atoms with van der Waals surface area (Å²) in [5.74, 6) is 0.518. The Labute approximate surface area is 452 Å². The van der Waals surface area contributed by atoms with Gasteiger partial charge in [-0.15, -0.1) is 11.3 Å². The molecule has 6 atom stereocenters. The third-order valence-corrected chi connectivity index (χ3v) is 17.0. The molecule has 2 aliphatic carbocycles. The number of unbranched alkanes of at least 4 members (excludes halogenated alkanes) is 1. The van der Waals surface area contributed by atoms with Crippen LogP contribution in [0.25, 0.3) is 22.6 Å². The lowest BCUT2D eigenvalue weighted by Gasteiger charge is -2.31. The molecule has 2 saturated heterocycles. The van der Waals surface area contributed by atoms with Crippen molar-refractivity contribution in [2.75, 3.05) is 55.7 Å².